The summed E-state index contributed by atoms with van der Waals surface area (Å²) in [5, 5.41) is 12.0. The molecule has 130 valence electrons. The largest absolute Gasteiger partial charge is 0.470 e. The van der Waals surface area contributed by atoms with Crippen LogP contribution in [0.3, 0.4) is 0 Å². The molecule has 2 aromatic heterocycles. The molecule has 0 fully saturated rings. The zero-order chi connectivity index (χ0) is 17.8. The number of amides is 1. The molecule has 0 atom stereocenters. The Labute approximate surface area is 154 Å². The highest BCUT2D eigenvalue weighted by Gasteiger charge is 2.11. The van der Waals surface area contributed by atoms with Gasteiger partial charge in [-0.15, -0.1) is 0 Å². The van der Waals surface area contributed by atoms with E-state index in [-0.39, 0.29) is 12.6 Å². The predicted molar refractivity (Wildman–Crippen MR) is 93.7 cm³/mol. The lowest BCUT2D eigenvalue weighted by Crippen LogP contribution is -2.24. The summed E-state index contributed by atoms with van der Waals surface area (Å²) in [6, 6.07) is 8.41. The molecule has 3 aromatic rings. The maximum atomic E-state index is 12.1. The zero-order valence-electron chi connectivity index (χ0n) is 13.3. The minimum Gasteiger partial charge on any atom is -0.470 e. The van der Waals surface area contributed by atoms with Crippen molar-refractivity contribution in [3.05, 3.63) is 64.2 Å². The van der Waals surface area contributed by atoms with Crippen LogP contribution >= 0.6 is 23.2 Å². The minimum atomic E-state index is -0.274. The fraction of sp³-hybridized carbons (Fsp3) is 0.188. The van der Waals surface area contributed by atoms with Gasteiger partial charge in [-0.1, -0.05) is 23.2 Å². The van der Waals surface area contributed by atoms with E-state index in [0.717, 1.165) is 5.69 Å². The second-order valence-corrected chi connectivity index (χ2v) is 6.06. The molecule has 0 saturated heterocycles. The molecule has 0 aliphatic rings. The van der Waals surface area contributed by atoms with Gasteiger partial charge in [-0.25, -0.2) is 4.68 Å². The third kappa shape index (κ3) is 4.32. The van der Waals surface area contributed by atoms with Gasteiger partial charge in [0.15, 0.2) is 6.73 Å². The van der Waals surface area contributed by atoms with Crippen molar-refractivity contribution in [2.45, 2.75) is 13.3 Å². The van der Waals surface area contributed by atoms with E-state index in [1.807, 2.05) is 13.1 Å². The number of aromatic nitrogens is 4. The van der Waals surface area contributed by atoms with Gasteiger partial charge in [0.2, 0.25) is 0 Å². The maximum Gasteiger partial charge on any atom is 0.272 e. The van der Waals surface area contributed by atoms with E-state index in [2.05, 4.69) is 15.5 Å². The quantitative estimate of drug-likeness (QED) is 0.714. The van der Waals surface area contributed by atoms with Gasteiger partial charge in [0.05, 0.1) is 17.3 Å². The van der Waals surface area contributed by atoms with Crippen molar-refractivity contribution in [3.63, 3.8) is 0 Å². The maximum absolute atomic E-state index is 12.1. The lowest BCUT2D eigenvalue weighted by atomic mass is 10.3. The normalized spacial score (nSPS) is 10.7. The number of benzene rings is 1. The number of nitrogens with zero attached hydrogens (tertiary/aromatic N) is 4. The van der Waals surface area contributed by atoms with Crippen molar-refractivity contribution in [1.82, 2.24) is 24.9 Å². The molecule has 7 nitrogen and oxygen atoms in total. The number of carbonyl (C=O) groups is 1. The molecule has 0 unspecified atom stereocenters. The van der Waals surface area contributed by atoms with E-state index in [1.165, 1.54) is 4.68 Å². The summed E-state index contributed by atoms with van der Waals surface area (Å²) >= 11 is 11.9. The molecule has 1 amide bonds. The first-order valence-electron chi connectivity index (χ1n) is 7.39. The number of hydrogen-bond donors (Lipinski definition) is 1. The van der Waals surface area contributed by atoms with Crippen LogP contribution in [0.1, 0.15) is 16.2 Å². The van der Waals surface area contributed by atoms with E-state index in [9.17, 15) is 4.79 Å². The monoisotopic (exact) mass is 379 g/mol. The van der Waals surface area contributed by atoms with Crippen molar-refractivity contribution in [2.24, 2.45) is 7.05 Å². The Kier molecular flexibility index (Phi) is 5.25. The summed E-state index contributed by atoms with van der Waals surface area (Å²) in [4.78, 5) is 12.1. The Balaban J connectivity index is 1.56. The molecule has 25 heavy (non-hydrogen) atoms. The van der Waals surface area contributed by atoms with E-state index in [0.29, 0.717) is 28.0 Å². The van der Waals surface area contributed by atoms with Crippen LogP contribution in [-0.2, 0) is 20.3 Å². The Morgan fingerprint density at radius 1 is 1.28 bits per heavy atom. The van der Waals surface area contributed by atoms with Crippen molar-refractivity contribution in [2.75, 3.05) is 0 Å². The molecule has 0 aliphatic heterocycles. The highest BCUT2D eigenvalue weighted by molar-refractivity contribution is 6.35. The molecule has 0 aliphatic carbocycles. The number of aryl methyl sites for hydroxylation is 1. The van der Waals surface area contributed by atoms with Crippen LogP contribution in [-0.4, -0.2) is 25.5 Å². The van der Waals surface area contributed by atoms with Crippen molar-refractivity contribution in [1.29, 1.82) is 0 Å². The van der Waals surface area contributed by atoms with Crippen LogP contribution in [0.25, 0.3) is 0 Å². The third-order valence-electron chi connectivity index (χ3n) is 3.47. The topological polar surface area (TPSA) is 74.0 Å². The second kappa shape index (κ2) is 7.58. The van der Waals surface area contributed by atoms with E-state index in [4.69, 9.17) is 27.9 Å². The fourth-order valence-corrected chi connectivity index (χ4v) is 2.58. The highest BCUT2D eigenvalue weighted by atomic mass is 35.5. The van der Waals surface area contributed by atoms with Gasteiger partial charge in [-0.2, -0.15) is 10.2 Å². The number of carbonyl (C=O) groups excluding carboxylic acids is 1. The molecule has 0 saturated carbocycles. The summed E-state index contributed by atoms with van der Waals surface area (Å²) in [5.41, 5.74) is 1.20. The number of ether oxygens (including phenoxy) is 1. The molecule has 0 bridgehead atoms. The Bertz CT molecular complexity index is 890. The number of rotatable bonds is 6. The lowest BCUT2D eigenvalue weighted by Gasteiger charge is -2.08. The minimum absolute atomic E-state index is 0.121. The van der Waals surface area contributed by atoms with Gasteiger partial charge in [0.1, 0.15) is 11.4 Å². The Hall–Kier alpha value is -2.51. The summed E-state index contributed by atoms with van der Waals surface area (Å²) in [7, 11) is 1.81. The van der Waals surface area contributed by atoms with Crippen LogP contribution in [0.4, 0.5) is 0 Å². The first-order chi connectivity index (χ1) is 12.0. The highest BCUT2D eigenvalue weighted by Crippen LogP contribution is 2.27. The van der Waals surface area contributed by atoms with Gasteiger partial charge >= 0.3 is 0 Å². The molecule has 0 radical (unpaired) electrons. The van der Waals surface area contributed by atoms with Crippen LogP contribution < -0.4 is 10.1 Å². The van der Waals surface area contributed by atoms with Gasteiger partial charge in [-0.05, 0) is 30.3 Å². The molecular weight excluding hydrogens is 365 g/mol. The second-order valence-electron chi connectivity index (χ2n) is 5.22. The SMILES string of the molecule is Cn1nccc1CNC(=O)c1ccn(COc2ccc(Cl)cc2Cl)n1. The summed E-state index contributed by atoms with van der Waals surface area (Å²) in [6.45, 7) is 0.495. The molecule has 2 heterocycles. The van der Waals surface area contributed by atoms with Crippen LogP contribution in [0.15, 0.2) is 42.7 Å². The Morgan fingerprint density at radius 3 is 2.84 bits per heavy atom. The first-order valence-corrected chi connectivity index (χ1v) is 8.15. The summed E-state index contributed by atoms with van der Waals surface area (Å²) < 4.78 is 8.77. The van der Waals surface area contributed by atoms with Gasteiger partial charge in [-0.3, -0.25) is 9.48 Å². The van der Waals surface area contributed by atoms with Crippen LogP contribution in [0.5, 0.6) is 5.75 Å². The van der Waals surface area contributed by atoms with Crippen molar-refractivity contribution in [3.8, 4) is 5.75 Å². The molecule has 3 rings (SSSR count). The number of halogens is 2. The predicted octanol–water partition coefficient (Wildman–Crippen LogP) is 2.89. The molecular formula is C16H15Cl2N5O2. The lowest BCUT2D eigenvalue weighted by molar-refractivity contribution is 0.0943. The van der Waals surface area contributed by atoms with Crippen LogP contribution in [0, 0.1) is 0 Å². The average Bonchev–Trinajstić information content (AvgIpc) is 3.21. The van der Waals surface area contributed by atoms with Gasteiger partial charge in [0, 0.05) is 24.5 Å². The number of hydrogen-bond acceptors (Lipinski definition) is 4. The van der Waals surface area contributed by atoms with Crippen LogP contribution in [0.2, 0.25) is 10.0 Å². The molecule has 0 spiro atoms. The van der Waals surface area contributed by atoms with Crippen molar-refractivity contribution >= 4 is 29.1 Å². The summed E-state index contributed by atoms with van der Waals surface area (Å²) in [6.07, 6.45) is 3.33. The average molecular weight is 380 g/mol. The Morgan fingerprint density at radius 2 is 2.12 bits per heavy atom. The third-order valence-corrected chi connectivity index (χ3v) is 4.00. The number of nitrogens with one attached hydrogen (secondary N) is 1. The van der Waals surface area contributed by atoms with Crippen molar-refractivity contribution < 1.29 is 9.53 Å². The smallest absolute Gasteiger partial charge is 0.272 e. The van der Waals surface area contributed by atoms with Gasteiger partial charge in [0.25, 0.3) is 5.91 Å². The molecule has 1 aromatic carbocycles. The van der Waals surface area contributed by atoms with E-state index < -0.39 is 0 Å². The van der Waals surface area contributed by atoms with E-state index >= 15 is 0 Å². The van der Waals surface area contributed by atoms with E-state index in [1.54, 1.807) is 41.3 Å². The molecule has 1 N–H and O–H groups in total. The first kappa shape index (κ1) is 17.3. The molecule has 9 heteroatoms. The summed E-state index contributed by atoms with van der Waals surface area (Å²) in [5.74, 6) is 0.216. The van der Waals surface area contributed by atoms with Gasteiger partial charge < -0.3 is 10.1 Å². The standard InChI is InChI=1S/C16H15Cl2N5O2/c1-22-12(4-6-20-22)9-19-16(24)14-5-7-23(21-14)10-25-15-3-2-11(17)8-13(15)18/h2-8H,9-10H2,1H3,(H,19,24). The fourth-order valence-electron chi connectivity index (χ4n) is 2.12. The zero-order valence-corrected chi connectivity index (χ0v) is 14.8.